The lowest BCUT2D eigenvalue weighted by molar-refractivity contribution is -0.145. The number of hydrogen-bond acceptors (Lipinski definition) is 4. The second kappa shape index (κ2) is 10.7. The minimum Gasteiger partial charge on any atom is -0.489 e. The lowest BCUT2D eigenvalue weighted by atomic mass is 10.0. The summed E-state index contributed by atoms with van der Waals surface area (Å²) in [6.07, 6.45) is 2.40. The Balaban J connectivity index is 0.00000280. The van der Waals surface area contributed by atoms with Gasteiger partial charge in [0.05, 0.1) is 6.54 Å². The Morgan fingerprint density at radius 1 is 1.07 bits per heavy atom. The first-order chi connectivity index (χ1) is 13.1. The second-order valence-corrected chi connectivity index (χ2v) is 6.67. The predicted octanol–water partition coefficient (Wildman–Crippen LogP) is 3.57. The molecule has 1 aliphatic rings. The van der Waals surface area contributed by atoms with Crippen LogP contribution in [0.25, 0.3) is 0 Å². The smallest absolute Gasteiger partial charge is 0.320 e. The molecule has 1 heterocycles. The molecular weight excluding hydrogens is 380 g/mol. The number of aliphatic carboxylic acids is 1. The molecule has 150 valence electrons. The Hall–Kier alpha value is -2.57. The van der Waals surface area contributed by atoms with E-state index in [1.54, 1.807) is 29.2 Å². The third kappa shape index (κ3) is 6.25. The first kappa shape index (κ1) is 21.7. The Morgan fingerprint density at radius 3 is 2.46 bits per heavy atom. The molecule has 1 saturated heterocycles. The van der Waals surface area contributed by atoms with E-state index < -0.39 is 12.0 Å². The van der Waals surface area contributed by atoms with E-state index in [1.165, 1.54) is 0 Å². The lowest BCUT2D eigenvalue weighted by Gasteiger charge is -2.32. The van der Waals surface area contributed by atoms with Crippen LogP contribution in [0.3, 0.4) is 0 Å². The van der Waals surface area contributed by atoms with Crippen molar-refractivity contribution in [2.24, 2.45) is 0 Å². The number of benzene rings is 2. The van der Waals surface area contributed by atoms with E-state index in [-0.39, 0.29) is 24.9 Å². The van der Waals surface area contributed by atoms with E-state index >= 15 is 0 Å². The number of carbonyl (C=O) groups excluding carboxylic acids is 1. The number of rotatable bonds is 7. The average Bonchev–Trinajstić information content (AvgIpc) is 2.68. The summed E-state index contributed by atoms with van der Waals surface area (Å²) in [6.45, 7) is 1.21. The number of ether oxygens (including phenoxy) is 1. The van der Waals surface area contributed by atoms with Crippen LogP contribution >= 0.6 is 12.4 Å². The first-order valence-corrected chi connectivity index (χ1v) is 9.15. The first-order valence-electron chi connectivity index (χ1n) is 9.15. The highest BCUT2D eigenvalue weighted by Gasteiger charge is 2.29. The van der Waals surface area contributed by atoms with E-state index in [9.17, 15) is 14.7 Å². The summed E-state index contributed by atoms with van der Waals surface area (Å²) >= 11 is 0. The molecule has 0 aromatic heterocycles. The molecule has 2 aromatic rings. The standard InChI is InChI=1S/C21H24N2O4.ClH/c24-20(14-23-13-5-4-8-19(23)21(25)26)22-17-9-11-18(12-10-17)27-15-16-6-2-1-3-7-16;/h1-3,6-7,9-12,19H,4-5,8,13-15H2,(H,22,24)(H,25,26);1H. The van der Waals surface area contributed by atoms with E-state index in [4.69, 9.17) is 4.74 Å². The molecule has 2 aromatic carbocycles. The Bertz CT molecular complexity index is 768. The third-order valence-corrected chi connectivity index (χ3v) is 4.63. The molecule has 1 fully saturated rings. The maximum Gasteiger partial charge on any atom is 0.320 e. The lowest BCUT2D eigenvalue weighted by Crippen LogP contribution is -2.47. The minimum absolute atomic E-state index is 0. The summed E-state index contributed by atoms with van der Waals surface area (Å²) in [5, 5.41) is 12.1. The van der Waals surface area contributed by atoms with Crippen LogP contribution in [0.2, 0.25) is 0 Å². The topological polar surface area (TPSA) is 78.9 Å². The van der Waals surface area contributed by atoms with Gasteiger partial charge in [0, 0.05) is 5.69 Å². The fraction of sp³-hybridized carbons (Fsp3) is 0.333. The van der Waals surface area contributed by atoms with E-state index in [0.717, 1.165) is 24.2 Å². The van der Waals surface area contributed by atoms with Crippen molar-refractivity contribution in [2.45, 2.75) is 31.9 Å². The van der Waals surface area contributed by atoms with Gasteiger partial charge < -0.3 is 15.2 Å². The zero-order chi connectivity index (χ0) is 19.1. The van der Waals surface area contributed by atoms with Crippen LogP contribution in [0.15, 0.2) is 54.6 Å². The molecule has 1 amide bonds. The quantitative estimate of drug-likeness (QED) is 0.737. The second-order valence-electron chi connectivity index (χ2n) is 6.67. The predicted molar refractivity (Wildman–Crippen MR) is 110 cm³/mol. The van der Waals surface area contributed by atoms with Gasteiger partial charge in [0.15, 0.2) is 0 Å². The van der Waals surface area contributed by atoms with Gasteiger partial charge in [0.25, 0.3) is 0 Å². The Kier molecular flexibility index (Phi) is 8.29. The van der Waals surface area contributed by atoms with Crippen LogP contribution in [0, 0.1) is 0 Å². The molecule has 28 heavy (non-hydrogen) atoms. The SMILES string of the molecule is Cl.O=C(CN1CCCCC1C(=O)O)Nc1ccc(OCc2ccccc2)cc1. The maximum absolute atomic E-state index is 12.3. The molecule has 6 nitrogen and oxygen atoms in total. The molecule has 3 rings (SSSR count). The summed E-state index contributed by atoms with van der Waals surface area (Å²) in [7, 11) is 0. The number of halogens is 1. The fourth-order valence-electron chi connectivity index (χ4n) is 3.22. The normalized spacial score (nSPS) is 16.6. The molecule has 0 bridgehead atoms. The monoisotopic (exact) mass is 404 g/mol. The molecule has 0 aliphatic carbocycles. The number of nitrogens with one attached hydrogen (secondary N) is 1. The Labute approximate surface area is 170 Å². The number of piperidine rings is 1. The summed E-state index contributed by atoms with van der Waals surface area (Å²) in [5.74, 6) is -0.345. The molecule has 7 heteroatoms. The highest BCUT2D eigenvalue weighted by atomic mass is 35.5. The summed E-state index contributed by atoms with van der Waals surface area (Å²) in [6, 6.07) is 16.5. The Morgan fingerprint density at radius 2 is 1.79 bits per heavy atom. The minimum atomic E-state index is -0.859. The molecule has 0 spiro atoms. The van der Waals surface area contributed by atoms with Gasteiger partial charge in [-0.1, -0.05) is 36.8 Å². The van der Waals surface area contributed by atoms with Crippen molar-refractivity contribution in [2.75, 3.05) is 18.4 Å². The number of hydrogen-bond donors (Lipinski definition) is 2. The van der Waals surface area contributed by atoms with Gasteiger partial charge >= 0.3 is 5.97 Å². The largest absolute Gasteiger partial charge is 0.489 e. The number of nitrogens with zero attached hydrogens (tertiary/aromatic N) is 1. The third-order valence-electron chi connectivity index (χ3n) is 4.63. The van der Waals surface area contributed by atoms with E-state index in [2.05, 4.69) is 5.32 Å². The number of amides is 1. The number of likely N-dealkylation sites (tertiary alicyclic amines) is 1. The van der Waals surface area contributed by atoms with Crippen LogP contribution in [0.5, 0.6) is 5.75 Å². The van der Waals surface area contributed by atoms with Crippen LogP contribution in [-0.2, 0) is 16.2 Å². The zero-order valence-corrected chi connectivity index (χ0v) is 16.4. The average molecular weight is 405 g/mol. The molecule has 2 N–H and O–H groups in total. The molecule has 0 saturated carbocycles. The number of anilines is 1. The number of carbonyl (C=O) groups is 2. The molecular formula is C21H25ClN2O4. The maximum atomic E-state index is 12.3. The summed E-state index contributed by atoms with van der Waals surface area (Å²) in [4.78, 5) is 25.3. The van der Waals surface area contributed by atoms with E-state index in [1.807, 2.05) is 30.3 Å². The van der Waals surface area contributed by atoms with Crippen LogP contribution in [-0.4, -0.2) is 41.0 Å². The van der Waals surface area contributed by atoms with Gasteiger partial charge in [-0.15, -0.1) is 12.4 Å². The van der Waals surface area contributed by atoms with Crippen molar-refractivity contribution in [3.05, 3.63) is 60.2 Å². The fourth-order valence-corrected chi connectivity index (χ4v) is 3.22. The van der Waals surface area contributed by atoms with Crippen molar-refractivity contribution in [3.63, 3.8) is 0 Å². The molecule has 1 unspecified atom stereocenters. The van der Waals surface area contributed by atoms with Gasteiger partial charge in [-0.3, -0.25) is 14.5 Å². The van der Waals surface area contributed by atoms with Crippen molar-refractivity contribution < 1.29 is 19.4 Å². The molecule has 0 radical (unpaired) electrons. The van der Waals surface area contributed by atoms with Crippen molar-refractivity contribution in [1.29, 1.82) is 0 Å². The van der Waals surface area contributed by atoms with Gasteiger partial charge in [-0.25, -0.2) is 0 Å². The van der Waals surface area contributed by atoms with Crippen molar-refractivity contribution >= 4 is 30.0 Å². The van der Waals surface area contributed by atoms with Crippen molar-refractivity contribution in [1.82, 2.24) is 4.90 Å². The highest BCUT2D eigenvalue weighted by Crippen LogP contribution is 2.19. The molecule has 1 aliphatic heterocycles. The summed E-state index contributed by atoms with van der Waals surface area (Å²) in [5.41, 5.74) is 1.75. The summed E-state index contributed by atoms with van der Waals surface area (Å²) < 4.78 is 5.73. The van der Waals surface area contributed by atoms with Crippen molar-refractivity contribution in [3.8, 4) is 5.75 Å². The van der Waals surface area contributed by atoms with Gasteiger partial charge in [-0.05, 0) is 49.2 Å². The van der Waals surface area contributed by atoms with Crippen LogP contribution < -0.4 is 10.1 Å². The van der Waals surface area contributed by atoms with Crippen LogP contribution in [0.1, 0.15) is 24.8 Å². The molecule has 1 atom stereocenters. The van der Waals surface area contributed by atoms with Gasteiger partial charge in [-0.2, -0.15) is 0 Å². The van der Waals surface area contributed by atoms with E-state index in [0.29, 0.717) is 25.3 Å². The van der Waals surface area contributed by atoms with Crippen LogP contribution in [0.4, 0.5) is 5.69 Å². The number of carboxylic acids is 1. The zero-order valence-electron chi connectivity index (χ0n) is 15.5. The number of carboxylic acid groups (broad SMARTS) is 1. The van der Waals surface area contributed by atoms with Gasteiger partial charge in [0.2, 0.25) is 5.91 Å². The highest BCUT2D eigenvalue weighted by molar-refractivity contribution is 5.92. The van der Waals surface area contributed by atoms with Gasteiger partial charge in [0.1, 0.15) is 18.4 Å².